The second-order valence-corrected chi connectivity index (χ2v) is 8.18. The SMILES string of the molecule is CCCNC(=O)c1cccc(CN=C(NCC)NCC2CN(CC(C)C)CCO2)c1. The first-order valence-corrected chi connectivity index (χ1v) is 11.2. The van der Waals surface area contributed by atoms with E-state index in [1.807, 2.05) is 31.2 Å². The molecule has 0 aromatic heterocycles. The monoisotopic (exact) mass is 417 g/mol. The molecule has 1 heterocycles. The van der Waals surface area contributed by atoms with Crippen LogP contribution in [0.1, 0.15) is 50.0 Å². The van der Waals surface area contributed by atoms with Gasteiger partial charge < -0.3 is 20.7 Å². The van der Waals surface area contributed by atoms with Gasteiger partial charge in [-0.2, -0.15) is 0 Å². The normalized spacial score (nSPS) is 17.8. The number of carbonyl (C=O) groups excluding carboxylic acids is 1. The van der Waals surface area contributed by atoms with Crippen LogP contribution in [0.25, 0.3) is 0 Å². The molecule has 0 spiro atoms. The summed E-state index contributed by atoms with van der Waals surface area (Å²) in [4.78, 5) is 19.3. The number of benzene rings is 1. The van der Waals surface area contributed by atoms with Gasteiger partial charge in [-0.1, -0.05) is 32.9 Å². The molecule has 1 amide bonds. The molecule has 7 nitrogen and oxygen atoms in total. The smallest absolute Gasteiger partial charge is 0.251 e. The molecule has 168 valence electrons. The van der Waals surface area contributed by atoms with Crippen LogP contribution in [0.5, 0.6) is 0 Å². The van der Waals surface area contributed by atoms with Crippen LogP contribution < -0.4 is 16.0 Å². The first-order valence-electron chi connectivity index (χ1n) is 11.2. The molecule has 1 saturated heterocycles. The number of rotatable bonds is 10. The van der Waals surface area contributed by atoms with Gasteiger partial charge in [0.15, 0.2) is 5.96 Å². The number of hydrogen-bond acceptors (Lipinski definition) is 4. The van der Waals surface area contributed by atoms with E-state index in [1.54, 1.807) is 0 Å². The van der Waals surface area contributed by atoms with Gasteiger partial charge in [0.05, 0.1) is 19.3 Å². The van der Waals surface area contributed by atoms with E-state index < -0.39 is 0 Å². The van der Waals surface area contributed by atoms with Crippen molar-refractivity contribution in [3.63, 3.8) is 0 Å². The Hall–Kier alpha value is -2.12. The number of guanidine groups is 1. The highest BCUT2D eigenvalue weighted by molar-refractivity contribution is 5.94. The van der Waals surface area contributed by atoms with Crippen molar-refractivity contribution >= 4 is 11.9 Å². The number of aliphatic imine (C=N–C) groups is 1. The maximum atomic E-state index is 12.2. The number of morpholine rings is 1. The minimum Gasteiger partial charge on any atom is -0.374 e. The van der Waals surface area contributed by atoms with Crippen molar-refractivity contribution in [2.24, 2.45) is 10.9 Å². The molecule has 1 aliphatic rings. The minimum atomic E-state index is -0.0342. The Morgan fingerprint density at radius 2 is 2.10 bits per heavy atom. The van der Waals surface area contributed by atoms with Crippen LogP contribution in [-0.2, 0) is 11.3 Å². The second kappa shape index (κ2) is 13.2. The fraction of sp³-hybridized carbons (Fsp3) is 0.652. The van der Waals surface area contributed by atoms with Crippen LogP contribution in [0.15, 0.2) is 29.3 Å². The average Bonchev–Trinajstić information content (AvgIpc) is 2.74. The van der Waals surface area contributed by atoms with Crippen molar-refractivity contribution in [1.29, 1.82) is 0 Å². The van der Waals surface area contributed by atoms with E-state index in [0.717, 1.165) is 57.3 Å². The number of hydrogen-bond donors (Lipinski definition) is 3. The Bertz CT molecular complexity index is 677. The maximum Gasteiger partial charge on any atom is 0.251 e. The molecule has 0 bridgehead atoms. The minimum absolute atomic E-state index is 0.0342. The third kappa shape index (κ3) is 8.71. The summed E-state index contributed by atoms with van der Waals surface area (Å²) in [5.41, 5.74) is 1.68. The van der Waals surface area contributed by atoms with Gasteiger partial charge >= 0.3 is 0 Å². The average molecular weight is 418 g/mol. The quantitative estimate of drug-likeness (QED) is 0.402. The van der Waals surface area contributed by atoms with Crippen LogP contribution in [0.4, 0.5) is 0 Å². The second-order valence-electron chi connectivity index (χ2n) is 8.18. The predicted octanol–water partition coefficient (Wildman–Crippen LogP) is 2.24. The molecule has 0 aliphatic carbocycles. The summed E-state index contributed by atoms with van der Waals surface area (Å²) in [5.74, 6) is 1.39. The van der Waals surface area contributed by atoms with Crippen LogP contribution in [-0.4, -0.2) is 68.7 Å². The third-order valence-corrected chi connectivity index (χ3v) is 4.83. The summed E-state index contributed by atoms with van der Waals surface area (Å²) in [7, 11) is 0. The Balaban J connectivity index is 1.90. The van der Waals surface area contributed by atoms with Crippen molar-refractivity contribution in [2.45, 2.75) is 46.8 Å². The highest BCUT2D eigenvalue weighted by Crippen LogP contribution is 2.08. The Morgan fingerprint density at radius 1 is 1.27 bits per heavy atom. The molecular formula is C23H39N5O2. The lowest BCUT2D eigenvalue weighted by atomic mass is 10.1. The highest BCUT2D eigenvalue weighted by atomic mass is 16.5. The van der Waals surface area contributed by atoms with Gasteiger partial charge in [0, 0.05) is 44.8 Å². The van der Waals surface area contributed by atoms with Gasteiger partial charge in [-0.25, -0.2) is 4.99 Å². The van der Waals surface area contributed by atoms with Gasteiger partial charge in [0.25, 0.3) is 5.91 Å². The zero-order valence-electron chi connectivity index (χ0n) is 19.0. The molecule has 1 unspecified atom stereocenters. The molecule has 2 rings (SSSR count). The molecule has 7 heteroatoms. The number of nitrogens with zero attached hydrogens (tertiary/aromatic N) is 2. The van der Waals surface area contributed by atoms with Crippen molar-refractivity contribution in [3.05, 3.63) is 35.4 Å². The molecule has 1 aromatic carbocycles. The molecule has 0 saturated carbocycles. The van der Waals surface area contributed by atoms with E-state index in [4.69, 9.17) is 9.73 Å². The van der Waals surface area contributed by atoms with E-state index in [0.29, 0.717) is 24.6 Å². The summed E-state index contributed by atoms with van der Waals surface area (Å²) < 4.78 is 5.92. The summed E-state index contributed by atoms with van der Waals surface area (Å²) in [6.07, 6.45) is 1.08. The topological polar surface area (TPSA) is 78.0 Å². The van der Waals surface area contributed by atoms with Crippen LogP contribution in [0, 0.1) is 5.92 Å². The molecule has 30 heavy (non-hydrogen) atoms. The van der Waals surface area contributed by atoms with Crippen LogP contribution in [0.3, 0.4) is 0 Å². The van der Waals surface area contributed by atoms with Crippen molar-refractivity contribution < 1.29 is 9.53 Å². The summed E-state index contributed by atoms with van der Waals surface area (Å²) in [5, 5.41) is 9.61. The van der Waals surface area contributed by atoms with E-state index in [2.05, 4.69) is 41.6 Å². The summed E-state index contributed by atoms with van der Waals surface area (Å²) >= 11 is 0. The summed E-state index contributed by atoms with van der Waals surface area (Å²) in [6, 6.07) is 7.65. The van der Waals surface area contributed by atoms with Gasteiger partial charge in [-0.3, -0.25) is 9.69 Å². The molecule has 1 atom stereocenters. The first kappa shape index (κ1) is 24.2. The van der Waals surface area contributed by atoms with Crippen LogP contribution >= 0.6 is 0 Å². The molecule has 1 aromatic rings. The number of amides is 1. The van der Waals surface area contributed by atoms with Gasteiger partial charge in [0.1, 0.15) is 0 Å². The lowest BCUT2D eigenvalue weighted by molar-refractivity contribution is -0.0284. The van der Waals surface area contributed by atoms with Crippen LogP contribution in [0.2, 0.25) is 0 Å². The first-order chi connectivity index (χ1) is 14.5. The molecule has 1 aliphatic heterocycles. The number of nitrogens with one attached hydrogen (secondary N) is 3. The molecule has 0 radical (unpaired) electrons. The highest BCUT2D eigenvalue weighted by Gasteiger charge is 2.21. The lowest BCUT2D eigenvalue weighted by Crippen LogP contribution is -2.50. The standard InChI is InChI=1S/C23H39N5O2/c1-5-10-25-22(29)20-9-7-8-19(13-20)14-26-23(24-6-2)27-15-21-17-28(11-12-30-21)16-18(3)4/h7-9,13,18,21H,5-6,10-12,14-17H2,1-4H3,(H,25,29)(H2,24,26,27). The number of ether oxygens (including phenoxy) is 1. The molecule has 1 fully saturated rings. The van der Waals surface area contributed by atoms with Crippen molar-refractivity contribution in [2.75, 3.05) is 45.9 Å². The number of carbonyl (C=O) groups is 1. The zero-order valence-corrected chi connectivity index (χ0v) is 19.0. The lowest BCUT2D eigenvalue weighted by Gasteiger charge is -2.34. The van der Waals surface area contributed by atoms with Gasteiger partial charge in [-0.05, 0) is 37.0 Å². The zero-order chi connectivity index (χ0) is 21.8. The van der Waals surface area contributed by atoms with E-state index >= 15 is 0 Å². The van der Waals surface area contributed by atoms with Crippen molar-refractivity contribution in [1.82, 2.24) is 20.9 Å². The fourth-order valence-electron chi connectivity index (χ4n) is 3.46. The van der Waals surface area contributed by atoms with Gasteiger partial charge in [-0.15, -0.1) is 0 Å². The van der Waals surface area contributed by atoms with Gasteiger partial charge in [0.2, 0.25) is 0 Å². The summed E-state index contributed by atoms with van der Waals surface area (Å²) in [6.45, 7) is 15.1. The predicted molar refractivity (Wildman–Crippen MR) is 123 cm³/mol. The van der Waals surface area contributed by atoms with E-state index in [1.165, 1.54) is 0 Å². The van der Waals surface area contributed by atoms with E-state index in [-0.39, 0.29) is 12.0 Å². The van der Waals surface area contributed by atoms with Crippen molar-refractivity contribution in [3.8, 4) is 0 Å². The Kier molecular flexibility index (Phi) is 10.7. The molecule has 3 N–H and O–H groups in total. The van der Waals surface area contributed by atoms with E-state index in [9.17, 15) is 4.79 Å². The maximum absolute atomic E-state index is 12.2. The largest absolute Gasteiger partial charge is 0.374 e. The molecular weight excluding hydrogens is 378 g/mol. The third-order valence-electron chi connectivity index (χ3n) is 4.83. The Morgan fingerprint density at radius 3 is 2.83 bits per heavy atom. The Labute approximate surface area is 181 Å². The fourth-order valence-corrected chi connectivity index (χ4v) is 3.46.